The molecule has 48 heavy (non-hydrogen) atoms. The first-order chi connectivity index (χ1) is 23.8. The SMILES string of the molecule is c1ccc(N(c2ccc(-c3ccc4ccccc4c3)cc2)c2ccccc2-c2cccc3c4ccccc4n(-c4ccccc4)c23)cc1. The first-order valence-corrected chi connectivity index (χ1v) is 16.4. The first-order valence-electron chi connectivity index (χ1n) is 16.4. The van der Waals surface area contributed by atoms with Crippen molar-refractivity contribution < 1.29 is 0 Å². The second-order valence-electron chi connectivity index (χ2n) is 12.2. The number of para-hydroxylation sites is 5. The number of anilines is 3. The standard InChI is InChI=1S/C46H32N2/c1-3-16-37(17-4-1)47(39-30-28-34(29-31-39)36-27-26-33-14-7-8-15-35(33)32-36)44-24-11-9-20-40(44)42-22-13-23-43-41-21-10-12-25-45(41)48(46(42)43)38-18-5-2-6-19-38/h1-32H. The highest BCUT2D eigenvalue weighted by Crippen LogP contribution is 2.45. The fourth-order valence-electron chi connectivity index (χ4n) is 7.15. The van der Waals surface area contributed by atoms with Crippen molar-refractivity contribution in [3.8, 4) is 27.9 Å². The molecule has 0 atom stereocenters. The number of rotatable bonds is 6. The van der Waals surface area contributed by atoms with Crippen LogP contribution < -0.4 is 4.90 Å². The van der Waals surface area contributed by atoms with E-state index in [1.807, 2.05) is 0 Å². The Morgan fingerprint density at radius 2 is 0.979 bits per heavy atom. The third-order valence-electron chi connectivity index (χ3n) is 9.37. The maximum Gasteiger partial charge on any atom is 0.0620 e. The average Bonchev–Trinajstić information content (AvgIpc) is 3.51. The van der Waals surface area contributed by atoms with Gasteiger partial charge in [-0.3, -0.25) is 0 Å². The molecule has 0 fully saturated rings. The van der Waals surface area contributed by atoms with Crippen molar-refractivity contribution in [3.63, 3.8) is 0 Å². The smallest absolute Gasteiger partial charge is 0.0620 e. The molecule has 2 nitrogen and oxygen atoms in total. The van der Waals surface area contributed by atoms with E-state index in [-0.39, 0.29) is 0 Å². The minimum atomic E-state index is 1.11. The molecule has 0 aliphatic carbocycles. The van der Waals surface area contributed by atoms with E-state index in [1.54, 1.807) is 0 Å². The molecule has 9 aromatic rings. The van der Waals surface area contributed by atoms with Crippen LogP contribution in [-0.4, -0.2) is 4.57 Å². The highest BCUT2D eigenvalue weighted by Gasteiger charge is 2.21. The normalized spacial score (nSPS) is 11.3. The van der Waals surface area contributed by atoms with Crippen molar-refractivity contribution in [1.29, 1.82) is 0 Å². The number of hydrogen-bond acceptors (Lipinski definition) is 1. The number of hydrogen-bond donors (Lipinski definition) is 0. The van der Waals surface area contributed by atoms with Crippen LogP contribution >= 0.6 is 0 Å². The molecule has 226 valence electrons. The Morgan fingerprint density at radius 1 is 0.375 bits per heavy atom. The zero-order valence-electron chi connectivity index (χ0n) is 26.4. The van der Waals surface area contributed by atoms with Gasteiger partial charge < -0.3 is 9.47 Å². The Bertz CT molecular complexity index is 2550. The Labute approximate surface area is 280 Å². The van der Waals surface area contributed by atoms with Gasteiger partial charge in [-0.25, -0.2) is 0 Å². The Kier molecular flexibility index (Phi) is 6.84. The van der Waals surface area contributed by atoms with Crippen molar-refractivity contribution in [2.24, 2.45) is 0 Å². The summed E-state index contributed by atoms with van der Waals surface area (Å²) in [5.41, 5.74) is 11.7. The van der Waals surface area contributed by atoms with Crippen molar-refractivity contribution in [1.82, 2.24) is 4.57 Å². The van der Waals surface area contributed by atoms with Crippen LogP contribution in [0.25, 0.3) is 60.5 Å². The van der Waals surface area contributed by atoms with E-state index in [0.29, 0.717) is 0 Å². The lowest BCUT2D eigenvalue weighted by molar-refractivity contribution is 1.18. The zero-order valence-corrected chi connectivity index (χ0v) is 26.4. The molecule has 0 aliphatic heterocycles. The molecule has 0 aliphatic rings. The highest BCUT2D eigenvalue weighted by atomic mass is 15.1. The number of nitrogens with zero attached hydrogens (tertiary/aromatic N) is 2. The van der Waals surface area contributed by atoms with E-state index in [9.17, 15) is 0 Å². The average molecular weight is 613 g/mol. The predicted octanol–water partition coefficient (Wildman–Crippen LogP) is 12.7. The Hall–Kier alpha value is -6.38. The van der Waals surface area contributed by atoms with Crippen LogP contribution in [-0.2, 0) is 0 Å². The van der Waals surface area contributed by atoms with Gasteiger partial charge in [0.1, 0.15) is 0 Å². The molecule has 0 N–H and O–H groups in total. The van der Waals surface area contributed by atoms with Gasteiger partial charge in [-0.1, -0.05) is 140 Å². The summed E-state index contributed by atoms with van der Waals surface area (Å²) in [6.45, 7) is 0. The third kappa shape index (κ3) is 4.74. The molecular weight excluding hydrogens is 581 g/mol. The highest BCUT2D eigenvalue weighted by molar-refractivity contribution is 6.14. The number of benzene rings is 8. The van der Waals surface area contributed by atoms with Crippen molar-refractivity contribution in [2.45, 2.75) is 0 Å². The second kappa shape index (κ2) is 11.8. The Balaban J connectivity index is 1.24. The lowest BCUT2D eigenvalue weighted by Crippen LogP contribution is -2.11. The largest absolute Gasteiger partial charge is 0.310 e. The minimum Gasteiger partial charge on any atom is -0.310 e. The zero-order chi connectivity index (χ0) is 31.9. The fraction of sp³-hybridized carbons (Fsp3) is 0. The summed E-state index contributed by atoms with van der Waals surface area (Å²) >= 11 is 0. The summed E-state index contributed by atoms with van der Waals surface area (Å²) in [7, 11) is 0. The number of fused-ring (bicyclic) bond motifs is 4. The van der Waals surface area contributed by atoms with E-state index in [0.717, 1.165) is 22.7 Å². The molecular formula is C46H32N2. The van der Waals surface area contributed by atoms with Crippen molar-refractivity contribution >= 4 is 49.6 Å². The summed E-state index contributed by atoms with van der Waals surface area (Å²) in [5, 5.41) is 5.00. The van der Waals surface area contributed by atoms with E-state index < -0.39 is 0 Å². The summed E-state index contributed by atoms with van der Waals surface area (Å²) in [4.78, 5) is 2.38. The van der Waals surface area contributed by atoms with Crippen molar-refractivity contribution in [3.05, 3.63) is 194 Å². The second-order valence-corrected chi connectivity index (χ2v) is 12.2. The molecule has 1 aromatic heterocycles. The monoisotopic (exact) mass is 612 g/mol. The molecule has 8 aromatic carbocycles. The molecule has 0 amide bonds. The molecule has 0 radical (unpaired) electrons. The summed E-state index contributed by atoms with van der Waals surface area (Å²) in [6.07, 6.45) is 0. The van der Waals surface area contributed by atoms with Crippen LogP contribution in [0.4, 0.5) is 17.1 Å². The molecule has 0 unspecified atom stereocenters. The summed E-state index contributed by atoms with van der Waals surface area (Å²) < 4.78 is 2.42. The molecule has 0 spiro atoms. The maximum absolute atomic E-state index is 2.42. The van der Waals surface area contributed by atoms with E-state index in [1.165, 1.54) is 54.8 Å². The molecule has 9 rings (SSSR count). The van der Waals surface area contributed by atoms with E-state index >= 15 is 0 Å². The minimum absolute atomic E-state index is 1.11. The first kappa shape index (κ1) is 27.9. The van der Waals surface area contributed by atoms with E-state index in [4.69, 9.17) is 0 Å². The van der Waals surface area contributed by atoms with Gasteiger partial charge in [0.05, 0.1) is 16.7 Å². The lowest BCUT2D eigenvalue weighted by Gasteiger charge is -2.28. The van der Waals surface area contributed by atoms with Gasteiger partial charge in [0.2, 0.25) is 0 Å². The molecule has 0 saturated carbocycles. The van der Waals surface area contributed by atoms with Crippen molar-refractivity contribution in [2.75, 3.05) is 4.90 Å². The van der Waals surface area contributed by atoms with Gasteiger partial charge in [0.25, 0.3) is 0 Å². The van der Waals surface area contributed by atoms with Gasteiger partial charge in [0, 0.05) is 39.0 Å². The van der Waals surface area contributed by atoms with Crippen LogP contribution in [0.3, 0.4) is 0 Å². The van der Waals surface area contributed by atoms with Crippen LogP contribution in [0.5, 0.6) is 0 Å². The molecule has 2 heteroatoms. The van der Waals surface area contributed by atoms with Crippen LogP contribution in [0.15, 0.2) is 194 Å². The van der Waals surface area contributed by atoms with Gasteiger partial charge in [0.15, 0.2) is 0 Å². The molecule has 1 heterocycles. The van der Waals surface area contributed by atoms with Gasteiger partial charge in [-0.2, -0.15) is 0 Å². The fourth-order valence-corrected chi connectivity index (χ4v) is 7.15. The maximum atomic E-state index is 2.42. The van der Waals surface area contributed by atoms with E-state index in [2.05, 4.69) is 204 Å². The van der Waals surface area contributed by atoms with Crippen LogP contribution in [0.2, 0.25) is 0 Å². The summed E-state index contributed by atoms with van der Waals surface area (Å²) in [6, 6.07) is 69.9. The lowest BCUT2D eigenvalue weighted by atomic mass is 9.98. The van der Waals surface area contributed by atoms with Gasteiger partial charge >= 0.3 is 0 Å². The van der Waals surface area contributed by atoms with Crippen LogP contribution in [0, 0.1) is 0 Å². The Morgan fingerprint density at radius 3 is 1.81 bits per heavy atom. The predicted molar refractivity (Wildman–Crippen MR) is 204 cm³/mol. The summed E-state index contributed by atoms with van der Waals surface area (Å²) in [5.74, 6) is 0. The number of aromatic nitrogens is 1. The quantitative estimate of drug-likeness (QED) is 0.181. The van der Waals surface area contributed by atoms with Gasteiger partial charge in [-0.05, 0) is 76.5 Å². The third-order valence-corrected chi connectivity index (χ3v) is 9.37. The van der Waals surface area contributed by atoms with Gasteiger partial charge in [-0.15, -0.1) is 0 Å². The topological polar surface area (TPSA) is 8.17 Å². The van der Waals surface area contributed by atoms with Crippen LogP contribution in [0.1, 0.15) is 0 Å². The molecule has 0 saturated heterocycles. The molecule has 0 bridgehead atoms.